The van der Waals surface area contributed by atoms with E-state index in [0.717, 1.165) is 47.6 Å². The summed E-state index contributed by atoms with van der Waals surface area (Å²) in [7, 11) is 0. The molecule has 4 N–H and O–H groups in total. The van der Waals surface area contributed by atoms with E-state index < -0.39 is 12.0 Å². The number of rotatable bonds is 9. The number of hydrogen-bond acceptors (Lipinski definition) is 9. The summed E-state index contributed by atoms with van der Waals surface area (Å²) in [6.45, 7) is 4.19. The lowest BCUT2D eigenvalue weighted by Gasteiger charge is -2.18. The van der Waals surface area contributed by atoms with Gasteiger partial charge < -0.3 is 30.5 Å². The van der Waals surface area contributed by atoms with Crippen molar-refractivity contribution in [3.63, 3.8) is 0 Å². The Morgan fingerprint density at radius 1 is 1.07 bits per heavy atom. The first-order valence-corrected chi connectivity index (χ1v) is 15.2. The fourth-order valence-electron chi connectivity index (χ4n) is 5.36. The average Bonchev–Trinajstić information content (AvgIpc) is 3.75. The van der Waals surface area contributed by atoms with Crippen molar-refractivity contribution in [1.29, 1.82) is 0 Å². The number of ether oxygens (including phenoxy) is 2. The van der Waals surface area contributed by atoms with Crippen LogP contribution in [-0.2, 0) is 16.2 Å². The lowest BCUT2D eigenvalue weighted by molar-refractivity contribution is -0.146. The van der Waals surface area contributed by atoms with Gasteiger partial charge in [0.2, 0.25) is 5.91 Å². The van der Waals surface area contributed by atoms with Crippen LogP contribution >= 0.6 is 11.6 Å². The molecule has 0 unspecified atom stereocenters. The number of aromatic nitrogens is 3. The molecule has 12 heteroatoms. The number of halogens is 1. The highest BCUT2D eigenvalue weighted by Gasteiger charge is 2.32. The zero-order chi connectivity index (χ0) is 31.8. The lowest BCUT2D eigenvalue weighted by atomic mass is 10.2. The molecule has 2 aromatic heterocycles. The summed E-state index contributed by atoms with van der Waals surface area (Å²) in [5.74, 6) is 0.676. The van der Waals surface area contributed by atoms with Crippen LogP contribution in [0, 0.1) is 0 Å². The Morgan fingerprint density at radius 2 is 1.89 bits per heavy atom. The molecule has 45 heavy (non-hydrogen) atoms. The van der Waals surface area contributed by atoms with Gasteiger partial charge in [0.1, 0.15) is 36.3 Å². The van der Waals surface area contributed by atoms with Gasteiger partial charge in [0.05, 0.1) is 28.0 Å². The quantitative estimate of drug-likeness (QED) is 0.145. The van der Waals surface area contributed by atoms with Crippen LogP contribution in [0.5, 0.6) is 11.5 Å². The predicted octanol–water partition coefficient (Wildman–Crippen LogP) is 6.15. The first-order chi connectivity index (χ1) is 21.8. The number of anilines is 3. The SMILES string of the molecule is C=CC(=O)N1CCC[C@H]1C(=O)O.Nc1cc2c(Nc3ccc(OCc4ccccn4)c(Cl)c3)ncnc2cc1OC1CCCC1. The zero-order valence-electron chi connectivity index (χ0n) is 24.7. The van der Waals surface area contributed by atoms with Crippen LogP contribution < -0.4 is 20.5 Å². The minimum absolute atomic E-state index is 0.227. The number of nitrogen functional groups attached to an aromatic ring is 1. The number of hydrogen-bond donors (Lipinski definition) is 3. The zero-order valence-corrected chi connectivity index (χ0v) is 25.4. The average molecular weight is 631 g/mol. The number of nitrogens with zero attached hydrogens (tertiary/aromatic N) is 4. The number of benzene rings is 2. The normalized spacial score (nSPS) is 16.1. The van der Waals surface area contributed by atoms with Crippen LogP contribution in [0.4, 0.5) is 17.2 Å². The lowest BCUT2D eigenvalue weighted by Crippen LogP contribution is -2.39. The Labute approximate surface area is 266 Å². The summed E-state index contributed by atoms with van der Waals surface area (Å²) in [4.78, 5) is 36.1. The third kappa shape index (κ3) is 7.98. The molecule has 1 saturated heterocycles. The molecule has 2 aromatic carbocycles. The van der Waals surface area contributed by atoms with E-state index in [1.807, 2.05) is 42.5 Å². The topological polar surface area (TPSA) is 153 Å². The Hall–Kier alpha value is -4.90. The minimum Gasteiger partial charge on any atom is -0.488 e. The Kier molecular flexibility index (Phi) is 10.3. The molecule has 0 spiro atoms. The van der Waals surface area contributed by atoms with Crippen LogP contribution in [0.1, 0.15) is 44.2 Å². The van der Waals surface area contributed by atoms with Gasteiger partial charge in [0.25, 0.3) is 0 Å². The van der Waals surface area contributed by atoms with E-state index in [1.165, 1.54) is 24.1 Å². The van der Waals surface area contributed by atoms with E-state index >= 15 is 0 Å². The van der Waals surface area contributed by atoms with Crippen molar-refractivity contribution in [3.05, 3.63) is 84.4 Å². The summed E-state index contributed by atoms with van der Waals surface area (Å²) in [6, 6.07) is 14.3. The molecule has 1 aliphatic carbocycles. The molecular formula is C33H35ClN6O5. The summed E-state index contributed by atoms with van der Waals surface area (Å²) in [5.41, 5.74) is 9.24. The maximum atomic E-state index is 11.1. The number of carboxylic acids is 1. The number of fused-ring (bicyclic) bond motifs is 1. The summed E-state index contributed by atoms with van der Waals surface area (Å²) in [6.07, 6.45) is 10.5. The van der Waals surface area contributed by atoms with E-state index in [4.69, 9.17) is 31.9 Å². The van der Waals surface area contributed by atoms with E-state index in [2.05, 4.69) is 26.8 Å². The second-order valence-electron chi connectivity index (χ2n) is 10.8. The Morgan fingerprint density at radius 3 is 2.60 bits per heavy atom. The molecule has 6 rings (SSSR count). The second-order valence-corrected chi connectivity index (χ2v) is 11.2. The third-order valence-corrected chi connectivity index (χ3v) is 7.95. The number of nitrogens with one attached hydrogen (secondary N) is 1. The van der Waals surface area contributed by atoms with Crippen molar-refractivity contribution < 1.29 is 24.2 Å². The van der Waals surface area contributed by atoms with E-state index in [9.17, 15) is 9.59 Å². The molecule has 3 heterocycles. The van der Waals surface area contributed by atoms with Crippen molar-refractivity contribution >= 4 is 51.6 Å². The maximum Gasteiger partial charge on any atom is 0.326 e. The number of carboxylic acid groups (broad SMARTS) is 1. The van der Waals surface area contributed by atoms with Crippen molar-refractivity contribution in [1.82, 2.24) is 19.9 Å². The van der Waals surface area contributed by atoms with Crippen molar-refractivity contribution in [2.75, 3.05) is 17.6 Å². The smallest absolute Gasteiger partial charge is 0.326 e. The first-order valence-electron chi connectivity index (χ1n) is 14.8. The van der Waals surface area contributed by atoms with Gasteiger partial charge in [-0.3, -0.25) is 9.78 Å². The van der Waals surface area contributed by atoms with Crippen LogP contribution in [0.2, 0.25) is 5.02 Å². The third-order valence-electron chi connectivity index (χ3n) is 7.65. The molecule has 11 nitrogen and oxygen atoms in total. The molecule has 4 aromatic rings. The van der Waals surface area contributed by atoms with Crippen molar-refractivity contribution in [2.45, 2.75) is 57.3 Å². The van der Waals surface area contributed by atoms with Gasteiger partial charge >= 0.3 is 5.97 Å². The molecule has 2 fully saturated rings. The minimum atomic E-state index is -0.928. The Bertz CT molecular complexity index is 1660. The number of nitrogens with two attached hydrogens (primary N) is 1. The first kappa shape index (κ1) is 31.5. The fourth-order valence-corrected chi connectivity index (χ4v) is 5.60. The van der Waals surface area contributed by atoms with Gasteiger partial charge in [0.15, 0.2) is 0 Å². The van der Waals surface area contributed by atoms with E-state index in [-0.39, 0.29) is 12.0 Å². The van der Waals surface area contributed by atoms with Gasteiger partial charge in [-0.2, -0.15) is 0 Å². The number of carbonyl (C=O) groups excluding carboxylic acids is 1. The monoisotopic (exact) mass is 630 g/mol. The van der Waals surface area contributed by atoms with E-state index in [0.29, 0.717) is 47.6 Å². The Balaban J connectivity index is 0.000000282. The molecule has 1 saturated carbocycles. The highest BCUT2D eigenvalue weighted by molar-refractivity contribution is 6.32. The van der Waals surface area contributed by atoms with Gasteiger partial charge in [-0.1, -0.05) is 24.2 Å². The molecule has 1 atom stereocenters. The largest absolute Gasteiger partial charge is 0.488 e. The highest BCUT2D eigenvalue weighted by atomic mass is 35.5. The molecule has 234 valence electrons. The molecule has 1 amide bonds. The number of aliphatic carboxylic acids is 1. The molecule has 2 aliphatic rings. The van der Waals surface area contributed by atoms with Crippen LogP contribution in [-0.4, -0.2) is 55.5 Å². The number of amides is 1. The number of carbonyl (C=O) groups is 2. The summed E-state index contributed by atoms with van der Waals surface area (Å²) < 4.78 is 11.9. The van der Waals surface area contributed by atoms with Gasteiger partial charge in [-0.05, 0) is 81.0 Å². The standard InChI is InChI=1S/C25H24ClN5O2.C8H11NO3/c26-20-11-16(8-9-23(20)32-14-17-5-3-4-10-28-17)31-25-19-12-21(27)24(13-22(19)29-15-30-25)33-18-6-1-2-7-18;1-2-7(10)9-5-3-4-6(9)8(11)12/h3-5,8-13,15,18H,1-2,6-7,14,27H2,(H,29,30,31);2,6H,1,3-5H2,(H,11,12)/t;6-/m.0/s1. The number of likely N-dealkylation sites (tertiary alicyclic amines) is 1. The van der Waals surface area contributed by atoms with Gasteiger partial charge in [-0.15, -0.1) is 0 Å². The van der Waals surface area contributed by atoms with Crippen LogP contribution in [0.3, 0.4) is 0 Å². The maximum absolute atomic E-state index is 11.1. The summed E-state index contributed by atoms with van der Waals surface area (Å²) in [5, 5.41) is 13.3. The molecule has 0 bridgehead atoms. The predicted molar refractivity (Wildman–Crippen MR) is 173 cm³/mol. The molecule has 0 radical (unpaired) electrons. The van der Waals surface area contributed by atoms with Gasteiger partial charge in [0, 0.05) is 29.9 Å². The van der Waals surface area contributed by atoms with E-state index in [1.54, 1.807) is 12.3 Å². The second kappa shape index (κ2) is 14.7. The fraction of sp³-hybridized carbons (Fsp3) is 0.303. The number of pyridine rings is 1. The van der Waals surface area contributed by atoms with Gasteiger partial charge in [-0.25, -0.2) is 14.8 Å². The molecule has 1 aliphatic heterocycles. The van der Waals surface area contributed by atoms with Crippen molar-refractivity contribution in [3.8, 4) is 11.5 Å². The summed E-state index contributed by atoms with van der Waals surface area (Å²) >= 11 is 6.45. The van der Waals surface area contributed by atoms with Crippen molar-refractivity contribution in [2.24, 2.45) is 0 Å². The van der Waals surface area contributed by atoms with Crippen LogP contribution in [0.25, 0.3) is 10.9 Å². The highest BCUT2D eigenvalue weighted by Crippen LogP contribution is 2.35. The van der Waals surface area contributed by atoms with Crippen LogP contribution in [0.15, 0.2) is 73.7 Å². The molecular weight excluding hydrogens is 596 g/mol.